The zero-order chi connectivity index (χ0) is 41.1. The van der Waals surface area contributed by atoms with Crippen molar-refractivity contribution in [2.24, 2.45) is 0 Å². The molecule has 55 heavy (non-hydrogen) atoms. The molecule has 1 fully saturated rings. The van der Waals surface area contributed by atoms with Crippen molar-refractivity contribution in [3.63, 3.8) is 0 Å². The molecule has 1 saturated heterocycles. The number of rotatable bonds is 15. The standard InChI is InChI=1S/C40H68N6O9/c1-38(2,3)53-34(48)28-44-21-19-43(27-33(47)41-17-13-14-18-42-37(51)52-31-32-15-11-10-12-16-32)20-22-45(29-35(49)54-39(4,5)6)24-26-46(25-23-44)30-36(50)55-40(7,8)9/h10-12,15-16H,13-14,17-31H2,1-9H3,(H,41,47)(H,42,51). The van der Waals surface area contributed by atoms with Crippen molar-refractivity contribution in [2.45, 2.75) is 98.6 Å². The van der Waals surface area contributed by atoms with Crippen LogP contribution in [0.5, 0.6) is 0 Å². The number of alkyl carbamates (subject to hydrolysis) is 1. The maximum Gasteiger partial charge on any atom is 0.407 e. The van der Waals surface area contributed by atoms with Crippen LogP contribution in [-0.4, -0.2) is 158 Å². The van der Waals surface area contributed by atoms with E-state index in [0.29, 0.717) is 78.3 Å². The highest BCUT2D eigenvalue weighted by Crippen LogP contribution is 2.11. The molecule has 15 heteroatoms. The molecule has 0 atom stereocenters. The minimum Gasteiger partial charge on any atom is -0.459 e. The van der Waals surface area contributed by atoms with Crippen LogP contribution in [0.1, 0.15) is 80.7 Å². The highest BCUT2D eigenvalue weighted by molar-refractivity contribution is 5.78. The third-order valence-electron chi connectivity index (χ3n) is 8.02. The van der Waals surface area contributed by atoms with Crippen LogP contribution >= 0.6 is 0 Å². The van der Waals surface area contributed by atoms with Gasteiger partial charge in [-0.15, -0.1) is 0 Å². The molecule has 0 spiro atoms. The average molecular weight is 777 g/mol. The summed E-state index contributed by atoms with van der Waals surface area (Å²) in [5.74, 6) is -1.22. The third kappa shape index (κ3) is 24.4. The number of carbonyl (C=O) groups is 5. The van der Waals surface area contributed by atoms with Gasteiger partial charge in [-0.25, -0.2) is 4.79 Å². The predicted molar refractivity (Wildman–Crippen MR) is 210 cm³/mol. The summed E-state index contributed by atoms with van der Waals surface area (Å²) in [7, 11) is 0. The lowest BCUT2D eigenvalue weighted by Gasteiger charge is -2.34. The number of benzene rings is 1. The van der Waals surface area contributed by atoms with Crippen LogP contribution in [0, 0.1) is 0 Å². The van der Waals surface area contributed by atoms with E-state index in [1.807, 2.05) is 112 Å². The molecule has 2 rings (SSSR count). The molecule has 312 valence electrons. The highest BCUT2D eigenvalue weighted by atomic mass is 16.6. The second-order valence-corrected chi connectivity index (χ2v) is 16.9. The summed E-state index contributed by atoms with van der Waals surface area (Å²) in [5.41, 5.74) is -1.02. The Bertz CT molecular complexity index is 1300. The van der Waals surface area contributed by atoms with Crippen LogP contribution in [0.2, 0.25) is 0 Å². The number of hydrogen-bond donors (Lipinski definition) is 2. The van der Waals surface area contributed by atoms with Crippen LogP contribution < -0.4 is 10.6 Å². The van der Waals surface area contributed by atoms with Crippen molar-refractivity contribution in [1.29, 1.82) is 0 Å². The summed E-state index contributed by atoms with van der Waals surface area (Å²) in [5, 5.41) is 5.72. The van der Waals surface area contributed by atoms with E-state index in [2.05, 4.69) is 10.6 Å². The van der Waals surface area contributed by atoms with E-state index in [0.717, 1.165) is 5.56 Å². The molecule has 0 aliphatic carbocycles. The van der Waals surface area contributed by atoms with Gasteiger partial charge in [0, 0.05) is 65.4 Å². The molecular weight excluding hydrogens is 708 g/mol. The van der Waals surface area contributed by atoms with E-state index in [9.17, 15) is 24.0 Å². The van der Waals surface area contributed by atoms with Crippen LogP contribution in [0.4, 0.5) is 4.79 Å². The molecule has 2 amide bonds. The number of hydrogen-bond acceptors (Lipinski definition) is 13. The largest absolute Gasteiger partial charge is 0.459 e. The van der Waals surface area contributed by atoms with Gasteiger partial charge >= 0.3 is 24.0 Å². The van der Waals surface area contributed by atoms with Gasteiger partial charge in [-0.1, -0.05) is 30.3 Å². The van der Waals surface area contributed by atoms with Crippen LogP contribution in [0.25, 0.3) is 0 Å². The summed E-state index contributed by atoms with van der Waals surface area (Å²) in [6.07, 6.45) is 0.840. The first-order chi connectivity index (χ1) is 25.7. The summed E-state index contributed by atoms with van der Waals surface area (Å²) in [6.45, 7) is 21.5. The molecule has 0 saturated carbocycles. The van der Waals surface area contributed by atoms with Crippen LogP contribution in [0.15, 0.2) is 30.3 Å². The number of carbonyl (C=O) groups excluding carboxylic acids is 5. The van der Waals surface area contributed by atoms with E-state index < -0.39 is 22.9 Å². The minimum atomic E-state index is -0.643. The number of esters is 3. The first kappa shape index (κ1) is 47.4. The Hall–Kier alpha value is -3.79. The molecular formula is C40H68N6O9. The van der Waals surface area contributed by atoms with Crippen LogP contribution in [0.3, 0.4) is 0 Å². The van der Waals surface area contributed by atoms with Gasteiger partial charge in [-0.05, 0) is 80.7 Å². The van der Waals surface area contributed by atoms with Gasteiger partial charge in [0.25, 0.3) is 0 Å². The SMILES string of the molecule is CC(C)(C)OC(=O)CN1CCN(CC(=O)NCCCCNC(=O)OCc2ccccc2)CCN(CC(=O)OC(C)(C)C)CCN(CC(=O)OC(C)(C)C)CC1. The van der Waals surface area contributed by atoms with E-state index >= 15 is 0 Å². The van der Waals surface area contributed by atoms with Gasteiger partial charge in [-0.2, -0.15) is 0 Å². The van der Waals surface area contributed by atoms with E-state index in [1.165, 1.54) is 0 Å². The lowest BCUT2D eigenvalue weighted by Crippen LogP contribution is -2.50. The lowest BCUT2D eigenvalue weighted by molar-refractivity contribution is -0.158. The monoisotopic (exact) mass is 777 g/mol. The predicted octanol–water partition coefficient (Wildman–Crippen LogP) is 3.06. The summed E-state index contributed by atoms with van der Waals surface area (Å²) in [6, 6.07) is 9.45. The van der Waals surface area contributed by atoms with Gasteiger partial charge < -0.3 is 29.6 Å². The van der Waals surface area contributed by atoms with E-state index in [1.54, 1.807) is 0 Å². The van der Waals surface area contributed by atoms with Gasteiger partial charge in [0.1, 0.15) is 23.4 Å². The number of nitrogens with one attached hydrogen (secondary N) is 2. The fraction of sp³-hybridized carbons (Fsp3) is 0.725. The zero-order valence-electron chi connectivity index (χ0n) is 34.9. The quantitative estimate of drug-likeness (QED) is 0.152. The average Bonchev–Trinajstić information content (AvgIpc) is 3.04. The fourth-order valence-corrected chi connectivity index (χ4v) is 5.58. The molecule has 1 aliphatic rings. The van der Waals surface area contributed by atoms with Gasteiger partial charge in [0.05, 0.1) is 26.2 Å². The third-order valence-corrected chi connectivity index (χ3v) is 8.02. The molecule has 1 heterocycles. The summed E-state index contributed by atoms with van der Waals surface area (Å²) >= 11 is 0. The zero-order valence-corrected chi connectivity index (χ0v) is 34.9. The molecule has 0 bridgehead atoms. The van der Waals surface area contributed by atoms with Crippen molar-refractivity contribution in [3.05, 3.63) is 35.9 Å². The first-order valence-electron chi connectivity index (χ1n) is 19.4. The number of nitrogens with zero attached hydrogens (tertiary/aromatic N) is 4. The second kappa shape index (κ2) is 23.3. The lowest BCUT2D eigenvalue weighted by atomic mass is 10.2. The van der Waals surface area contributed by atoms with E-state index in [-0.39, 0.29) is 56.6 Å². The Morgan fingerprint density at radius 3 is 1.24 bits per heavy atom. The molecule has 1 aliphatic heterocycles. The summed E-state index contributed by atoms with van der Waals surface area (Å²) < 4.78 is 22.1. The summed E-state index contributed by atoms with van der Waals surface area (Å²) in [4.78, 5) is 71.9. The maximum absolute atomic E-state index is 13.2. The Kier molecular flexibility index (Phi) is 20.1. The van der Waals surface area contributed by atoms with Crippen molar-refractivity contribution in [2.75, 3.05) is 91.6 Å². The van der Waals surface area contributed by atoms with Gasteiger partial charge in [0.2, 0.25) is 5.91 Å². The minimum absolute atomic E-state index is 0.0518. The molecule has 0 radical (unpaired) electrons. The Labute approximate surface area is 328 Å². The van der Waals surface area contributed by atoms with Gasteiger partial charge in [0.15, 0.2) is 0 Å². The second-order valence-electron chi connectivity index (χ2n) is 16.9. The van der Waals surface area contributed by atoms with E-state index in [4.69, 9.17) is 18.9 Å². The first-order valence-corrected chi connectivity index (χ1v) is 19.4. The highest BCUT2D eigenvalue weighted by Gasteiger charge is 2.26. The maximum atomic E-state index is 13.2. The van der Waals surface area contributed by atoms with Crippen molar-refractivity contribution >= 4 is 29.9 Å². The van der Waals surface area contributed by atoms with Crippen molar-refractivity contribution in [1.82, 2.24) is 30.2 Å². The smallest absolute Gasteiger partial charge is 0.407 e. The topological polar surface area (TPSA) is 159 Å². The Morgan fingerprint density at radius 1 is 0.527 bits per heavy atom. The molecule has 1 aromatic carbocycles. The van der Waals surface area contributed by atoms with Crippen molar-refractivity contribution < 1.29 is 42.9 Å². The number of ether oxygens (including phenoxy) is 4. The molecule has 15 nitrogen and oxygen atoms in total. The Balaban J connectivity index is 2.06. The molecule has 0 aromatic heterocycles. The normalized spacial score (nSPS) is 16.2. The molecule has 0 unspecified atom stereocenters. The number of unbranched alkanes of at least 4 members (excludes halogenated alkanes) is 1. The molecule has 2 N–H and O–H groups in total. The number of amides is 2. The van der Waals surface area contributed by atoms with Crippen LogP contribution in [-0.2, 0) is 44.7 Å². The van der Waals surface area contributed by atoms with Gasteiger partial charge in [-0.3, -0.25) is 38.8 Å². The Morgan fingerprint density at radius 2 is 0.873 bits per heavy atom. The fourth-order valence-electron chi connectivity index (χ4n) is 5.58. The molecule has 1 aromatic rings. The van der Waals surface area contributed by atoms with Crippen molar-refractivity contribution in [3.8, 4) is 0 Å².